The Morgan fingerprint density at radius 3 is 2.78 bits per heavy atom. The highest BCUT2D eigenvalue weighted by Crippen LogP contribution is 2.30. The lowest BCUT2D eigenvalue weighted by molar-refractivity contribution is -0.115. The number of thiazole rings is 1. The highest BCUT2D eigenvalue weighted by atomic mass is 32.1. The average Bonchev–Trinajstić information content (AvgIpc) is 3.35. The number of aromatic nitrogens is 1. The minimum atomic E-state index is -0.423. The number of anilines is 1. The van der Waals surface area contributed by atoms with Gasteiger partial charge in [0.1, 0.15) is 10.8 Å². The number of nitrogens with one attached hydrogen (secondary N) is 1. The Kier molecular flexibility index (Phi) is 6.08. The van der Waals surface area contributed by atoms with Crippen LogP contribution in [0, 0.1) is 6.92 Å². The largest absolute Gasteiger partial charge is 0.462 e. The summed E-state index contributed by atoms with van der Waals surface area (Å²) in [5.41, 5.74) is 1.06. The number of carbonyl (C=O) groups excluding carboxylic acids is 2. The van der Waals surface area contributed by atoms with Gasteiger partial charge in [0, 0.05) is 10.3 Å². The molecule has 3 heterocycles. The lowest BCUT2D eigenvalue weighted by Gasteiger charge is -2.05. The van der Waals surface area contributed by atoms with Crippen LogP contribution >= 0.6 is 22.7 Å². The van der Waals surface area contributed by atoms with E-state index in [0.717, 1.165) is 22.1 Å². The first kappa shape index (κ1) is 19.3. The highest BCUT2D eigenvalue weighted by molar-refractivity contribution is 7.16. The van der Waals surface area contributed by atoms with E-state index in [1.807, 2.05) is 31.4 Å². The Labute approximate surface area is 165 Å². The van der Waals surface area contributed by atoms with Gasteiger partial charge in [-0.05, 0) is 38.5 Å². The predicted octanol–water partition coefficient (Wildman–Crippen LogP) is 4.69. The second-order valence-corrected chi connectivity index (χ2v) is 7.80. The lowest BCUT2D eigenvalue weighted by Crippen LogP contribution is -2.16. The van der Waals surface area contributed by atoms with E-state index in [-0.39, 0.29) is 18.9 Å². The Balaban J connectivity index is 1.70. The predicted molar refractivity (Wildman–Crippen MR) is 107 cm³/mol. The molecule has 0 unspecified atom stereocenters. The molecule has 1 amide bonds. The number of thiophene rings is 1. The molecular formula is C19H20N2O4S2. The maximum atomic E-state index is 12.4. The number of ether oxygens (including phenoxy) is 1. The molecule has 0 aliphatic heterocycles. The summed E-state index contributed by atoms with van der Waals surface area (Å²) < 4.78 is 10.6. The van der Waals surface area contributed by atoms with Crippen molar-refractivity contribution in [1.29, 1.82) is 0 Å². The van der Waals surface area contributed by atoms with Gasteiger partial charge in [-0.2, -0.15) is 0 Å². The Morgan fingerprint density at radius 2 is 2.11 bits per heavy atom. The van der Waals surface area contributed by atoms with E-state index in [9.17, 15) is 9.59 Å². The van der Waals surface area contributed by atoms with Crippen LogP contribution in [0.25, 0.3) is 10.8 Å². The van der Waals surface area contributed by atoms with Gasteiger partial charge < -0.3 is 14.5 Å². The van der Waals surface area contributed by atoms with Gasteiger partial charge in [-0.1, -0.05) is 6.92 Å². The summed E-state index contributed by atoms with van der Waals surface area (Å²) in [6.07, 6.45) is 0.906. The fourth-order valence-electron chi connectivity index (χ4n) is 2.46. The molecule has 3 aromatic heterocycles. The van der Waals surface area contributed by atoms with Crippen molar-refractivity contribution in [1.82, 2.24) is 4.98 Å². The molecule has 0 spiro atoms. The van der Waals surface area contributed by atoms with Crippen LogP contribution in [0.3, 0.4) is 0 Å². The van der Waals surface area contributed by atoms with Crippen molar-refractivity contribution in [2.24, 2.45) is 0 Å². The minimum absolute atomic E-state index is 0.123. The smallest absolute Gasteiger partial charge is 0.341 e. The first-order chi connectivity index (χ1) is 13.0. The normalized spacial score (nSPS) is 10.8. The monoisotopic (exact) mass is 404 g/mol. The van der Waals surface area contributed by atoms with E-state index in [1.54, 1.807) is 13.0 Å². The summed E-state index contributed by atoms with van der Waals surface area (Å²) in [6, 6.07) is 5.52. The van der Waals surface area contributed by atoms with Crippen molar-refractivity contribution in [3.05, 3.63) is 45.5 Å². The molecule has 0 fully saturated rings. The number of carbonyl (C=O) groups is 2. The summed E-state index contributed by atoms with van der Waals surface area (Å²) in [7, 11) is 0. The summed E-state index contributed by atoms with van der Waals surface area (Å²) in [6.45, 7) is 5.92. The van der Waals surface area contributed by atoms with Crippen molar-refractivity contribution in [2.75, 3.05) is 11.9 Å². The van der Waals surface area contributed by atoms with E-state index in [1.165, 1.54) is 22.7 Å². The molecule has 0 aliphatic rings. The van der Waals surface area contributed by atoms with Crippen molar-refractivity contribution in [2.45, 2.75) is 33.6 Å². The number of hydrogen-bond donors (Lipinski definition) is 1. The molecule has 3 aromatic rings. The van der Waals surface area contributed by atoms with Crippen molar-refractivity contribution in [3.63, 3.8) is 0 Å². The van der Waals surface area contributed by atoms with Crippen molar-refractivity contribution >= 4 is 39.6 Å². The van der Waals surface area contributed by atoms with E-state index in [0.29, 0.717) is 22.0 Å². The third kappa shape index (κ3) is 4.64. The number of furan rings is 1. The second-order valence-electron chi connectivity index (χ2n) is 5.81. The Bertz CT molecular complexity index is 955. The fourth-order valence-corrected chi connectivity index (χ4v) is 4.24. The SMILES string of the molecule is CCOC(=O)c1cc(CC)sc1NC(=O)Cc1csc(-c2ccc(C)o2)n1. The first-order valence-corrected chi connectivity index (χ1v) is 10.3. The standard InChI is InChI=1S/C19H20N2O4S2/c1-4-13-9-14(19(23)24-5-2)17(27-13)21-16(22)8-12-10-26-18(20-12)15-7-6-11(3)25-15/h6-7,9-10H,4-5,8H2,1-3H3,(H,21,22). The van der Waals surface area contributed by atoms with Crippen LogP contribution in [0.5, 0.6) is 0 Å². The van der Waals surface area contributed by atoms with E-state index in [4.69, 9.17) is 9.15 Å². The van der Waals surface area contributed by atoms with Gasteiger partial charge in [-0.15, -0.1) is 22.7 Å². The molecule has 0 radical (unpaired) electrons. The molecule has 0 saturated heterocycles. The average molecular weight is 405 g/mol. The fraction of sp³-hybridized carbons (Fsp3) is 0.316. The zero-order chi connectivity index (χ0) is 19.4. The van der Waals surface area contributed by atoms with Crippen LogP contribution in [-0.4, -0.2) is 23.5 Å². The number of rotatable bonds is 7. The molecule has 0 aliphatic carbocycles. The molecule has 27 heavy (non-hydrogen) atoms. The molecule has 3 rings (SSSR count). The highest BCUT2D eigenvalue weighted by Gasteiger charge is 2.19. The maximum absolute atomic E-state index is 12.4. The summed E-state index contributed by atoms with van der Waals surface area (Å²) in [5, 5.41) is 5.92. The molecule has 0 atom stereocenters. The Hall–Kier alpha value is -2.45. The minimum Gasteiger partial charge on any atom is -0.462 e. The molecule has 8 heteroatoms. The van der Waals surface area contributed by atoms with E-state index < -0.39 is 5.97 Å². The Morgan fingerprint density at radius 1 is 1.30 bits per heavy atom. The van der Waals surface area contributed by atoms with Crippen LogP contribution < -0.4 is 5.32 Å². The summed E-state index contributed by atoms with van der Waals surface area (Å²) in [5.74, 6) is 0.862. The van der Waals surface area contributed by atoms with Crippen LogP contribution in [0.1, 0.15) is 40.5 Å². The third-order valence-corrected chi connectivity index (χ3v) is 5.82. The number of nitrogens with zero attached hydrogens (tertiary/aromatic N) is 1. The van der Waals surface area contributed by atoms with Gasteiger partial charge in [0.25, 0.3) is 0 Å². The first-order valence-electron chi connectivity index (χ1n) is 8.61. The zero-order valence-corrected chi connectivity index (χ0v) is 17.0. The lowest BCUT2D eigenvalue weighted by atomic mass is 10.2. The molecular weight excluding hydrogens is 384 g/mol. The molecule has 6 nitrogen and oxygen atoms in total. The van der Waals surface area contributed by atoms with E-state index in [2.05, 4.69) is 10.3 Å². The quantitative estimate of drug-likeness (QED) is 0.578. The van der Waals surface area contributed by atoms with Gasteiger partial charge in [-0.25, -0.2) is 9.78 Å². The number of esters is 1. The topological polar surface area (TPSA) is 81.4 Å². The second kappa shape index (κ2) is 8.49. The molecule has 142 valence electrons. The van der Waals surface area contributed by atoms with Crippen LogP contribution in [0.15, 0.2) is 28.0 Å². The summed E-state index contributed by atoms with van der Waals surface area (Å²) in [4.78, 5) is 30.0. The maximum Gasteiger partial charge on any atom is 0.341 e. The zero-order valence-electron chi connectivity index (χ0n) is 15.3. The van der Waals surface area contributed by atoms with Gasteiger partial charge in [0.15, 0.2) is 10.8 Å². The number of amides is 1. The molecule has 1 N–H and O–H groups in total. The van der Waals surface area contributed by atoms with Crippen LogP contribution in [0.4, 0.5) is 5.00 Å². The van der Waals surface area contributed by atoms with Crippen LogP contribution in [0.2, 0.25) is 0 Å². The van der Waals surface area contributed by atoms with Gasteiger partial charge in [0.05, 0.1) is 24.3 Å². The molecule has 0 saturated carbocycles. The van der Waals surface area contributed by atoms with Gasteiger partial charge >= 0.3 is 5.97 Å². The summed E-state index contributed by atoms with van der Waals surface area (Å²) >= 11 is 2.82. The molecule has 0 bridgehead atoms. The van der Waals surface area contributed by atoms with Gasteiger partial charge in [0.2, 0.25) is 5.91 Å². The number of hydrogen-bond acceptors (Lipinski definition) is 7. The van der Waals surface area contributed by atoms with Crippen molar-refractivity contribution in [3.8, 4) is 10.8 Å². The molecule has 0 aromatic carbocycles. The van der Waals surface area contributed by atoms with Gasteiger partial charge in [-0.3, -0.25) is 4.79 Å². The van der Waals surface area contributed by atoms with Crippen LogP contribution in [-0.2, 0) is 22.4 Å². The third-order valence-electron chi connectivity index (χ3n) is 3.72. The number of aryl methyl sites for hydroxylation is 2. The van der Waals surface area contributed by atoms with E-state index >= 15 is 0 Å². The van der Waals surface area contributed by atoms with Crippen molar-refractivity contribution < 1.29 is 18.7 Å².